The van der Waals surface area contributed by atoms with Gasteiger partial charge >= 0.3 is 0 Å². The maximum atomic E-state index is 11.7. The average Bonchev–Trinajstić information content (AvgIpc) is 3.09. The maximum absolute atomic E-state index is 11.7. The van der Waals surface area contributed by atoms with E-state index in [0.29, 0.717) is 13.2 Å². The van der Waals surface area contributed by atoms with Gasteiger partial charge in [0.1, 0.15) is 11.5 Å². The Hall–Kier alpha value is -3.12. The van der Waals surface area contributed by atoms with Crippen LogP contribution in [0.1, 0.15) is 5.56 Å². The highest BCUT2D eigenvalue weighted by Gasteiger charge is 2.10. The number of H-pyrrole nitrogens is 2. The van der Waals surface area contributed by atoms with Gasteiger partial charge in [0.25, 0.3) is 0 Å². The molecule has 6 heteroatoms. The normalized spacial score (nSPS) is 11.3. The lowest BCUT2D eigenvalue weighted by molar-refractivity contribution is 0.210. The quantitative estimate of drug-likeness (QED) is 0.483. The van der Waals surface area contributed by atoms with E-state index in [1.165, 1.54) is 0 Å². The fraction of sp³-hybridized carbons (Fsp3) is 0.200. The maximum Gasteiger partial charge on any atom is 0.248 e. The summed E-state index contributed by atoms with van der Waals surface area (Å²) in [6.45, 7) is 3.26. The minimum absolute atomic E-state index is 0.0793. The highest BCUT2D eigenvalue weighted by atomic mass is 16.5. The number of hydrogen-bond acceptors (Lipinski definition) is 4. The average molecular weight is 348 g/mol. The molecular formula is C20H20N4O2. The summed E-state index contributed by atoms with van der Waals surface area (Å²) >= 11 is 0. The largest absolute Gasteiger partial charge is 0.383 e. The molecule has 0 saturated heterocycles. The molecule has 0 radical (unpaired) electrons. The number of aryl methyl sites for hydroxylation is 1. The van der Waals surface area contributed by atoms with Crippen molar-refractivity contribution in [2.24, 2.45) is 0 Å². The molecule has 0 spiro atoms. The lowest BCUT2D eigenvalue weighted by Gasteiger charge is -2.11. The van der Waals surface area contributed by atoms with Crippen molar-refractivity contribution < 1.29 is 4.74 Å². The Kier molecular flexibility index (Phi) is 4.18. The van der Waals surface area contributed by atoms with E-state index in [4.69, 9.17) is 4.74 Å². The van der Waals surface area contributed by atoms with Crippen LogP contribution in [0, 0.1) is 6.92 Å². The van der Waals surface area contributed by atoms with E-state index in [1.807, 2.05) is 37.4 Å². The summed E-state index contributed by atoms with van der Waals surface area (Å²) in [5, 5.41) is 5.39. The predicted octanol–water partition coefficient (Wildman–Crippen LogP) is 3.44. The van der Waals surface area contributed by atoms with Crippen LogP contribution in [0.5, 0.6) is 0 Å². The number of nitrogens with one attached hydrogen (secondary N) is 3. The third kappa shape index (κ3) is 2.95. The smallest absolute Gasteiger partial charge is 0.248 e. The van der Waals surface area contributed by atoms with Crippen LogP contribution in [-0.2, 0) is 4.74 Å². The summed E-state index contributed by atoms with van der Waals surface area (Å²) in [5.41, 5.74) is 4.73. The molecule has 0 saturated carbocycles. The van der Waals surface area contributed by atoms with E-state index < -0.39 is 0 Å². The molecule has 1 aromatic carbocycles. The number of nitrogens with zero attached hydrogens (tertiary/aromatic N) is 1. The summed E-state index contributed by atoms with van der Waals surface area (Å²) in [6, 6.07) is 11.8. The van der Waals surface area contributed by atoms with Crippen LogP contribution < -0.4 is 10.9 Å². The molecule has 3 heterocycles. The third-order valence-corrected chi connectivity index (χ3v) is 4.50. The number of anilines is 1. The van der Waals surface area contributed by atoms with Crippen molar-refractivity contribution >= 4 is 27.8 Å². The van der Waals surface area contributed by atoms with Gasteiger partial charge < -0.3 is 20.0 Å². The molecule has 0 aliphatic rings. The van der Waals surface area contributed by atoms with Crippen LogP contribution in [-0.4, -0.2) is 35.2 Å². The summed E-state index contributed by atoms with van der Waals surface area (Å²) in [7, 11) is 1.68. The standard InChI is InChI=1S/C20H20N4O2/c1-12-9-19(25)23-17-4-3-13(10-15(12)17)16-11-18(21-7-8-26-2)24-20-14(16)5-6-22-20/h3-6,9-11H,7-8H2,1-2H3,(H,23,25)(H2,21,22,24). The molecule has 0 aliphatic heterocycles. The van der Waals surface area contributed by atoms with E-state index in [1.54, 1.807) is 13.2 Å². The van der Waals surface area contributed by atoms with Gasteiger partial charge in [-0.25, -0.2) is 4.98 Å². The molecule has 26 heavy (non-hydrogen) atoms. The van der Waals surface area contributed by atoms with Gasteiger partial charge in [-0.2, -0.15) is 0 Å². The third-order valence-electron chi connectivity index (χ3n) is 4.50. The minimum Gasteiger partial charge on any atom is -0.383 e. The molecular weight excluding hydrogens is 328 g/mol. The van der Waals surface area contributed by atoms with Gasteiger partial charge in [-0.05, 0) is 47.9 Å². The van der Waals surface area contributed by atoms with E-state index >= 15 is 0 Å². The van der Waals surface area contributed by atoms with Crippen molar-refractivity contribution in [3.8, 4) is 11.1 Å². The fourth-order valence-electron chi connectivity index (χ4n) is 3.24. The van der Waals surface area contributed by atoms with Crippen molar-refractivity contribution in [2.45, 2.75) is 6.92 Å². The van der Waals surface area contributed by atoms with Gasteiger partial charge in [0, 0.05) is 42.2 Å². The fourth-order valence-corrected chi connectivity index (χ4v) is 3.24. The number of methoxy groups -OCH3 is 1. The van der Waals surface area contributed by atoms with Crippen LogP contribution in [0.25, 0.3) is 33.1 Å². The second-order valence-electron chi connectivity index (χ2n) is 6.29. The molecule has 4 aromatic rings. The Morgan fingerprint density at radius 1 is 1.15 bits per heavy atom. The Morgan fingerprint density at radius 3 is 2.88 bits per heavy atom. The topological polar surface area (TPSA) is 82.8 Å². The van der Waals surface area contributed by atoms with Gasteiger partial charge in [0.05, 0.1) is 6.61 Å². The van der Waals surface area contributed by atoms with Crippen LogP contribution in [0.2, 0.25) is 0 Å². The molecule has 3 aromatic heterocycles. The van der Waals surface area contributed by atoms with Gasteiger partial charge in [-0.3, -0.25) is 4.79 Å². The van der Waals surface area contributed by atoms with Gasteiger partial charge in [0.15, 0.2) is 0 Å². The molecule has 0 fully saturated rings. The van der Waals surface area contributed by atoms with Crippen LogP contribution >= 0.6 is 0 Å². The SMILES string of the molecule is COCCNc1cc(-c2ccc3[nH]c(=O)cc(C)c3c2)c2cc[nH]c2n1. The summed E-state index contributed by atoms with van der Waals surface area (Å²) in [6.07, 6.45) is 1.89. The minimum atomic E-state index is -0.0793. The molecule has 0 bridgehead atoms. The van der Waals surface area contributed by atoms with E-state index in [0.717, 1.165) is 44.4 Å². The van der Waals surface area contributed by atoms with E-state index in [9.17, 15) is 4.79 Å². The zero-order chi connectivity index (χ0) is 18.1. The Bertz CT molecular complexity index is 1140. The number of pyridine rings is 2. The van der Waals surface area contributed by atoms with Crippen molar-refractivity contribution in [3.63, 3.8) is 0 Å². The van der Waals surface area contributed by atoms with Crippen LogP contribution in [0.3, 0.4) is 0 Å². The molecule has 6 nitrogen and oxygen atoms in total. The molecule has 3 N–H and O–H groups in total. The summed E-state index contributed by atoms with van der Waals surface area (Å²) in [5.74, 6) is 0.797. The monoisotopic (exact) mass is 348 g/mol. The van der Waals surface area contributed by atoms with Gasteiger partial charge in [-0.15, -0.1) is 0 Å². The van der Waals surface area contributed by atoms with Crippen LogP contribution in [0.15, 0.2) is 47.4 Å². The summed E-state index contributed by atoms with van der Waals surface area (Å²) < 4.78 is 5.09. The molecule has 132 valence electrons. The first kappa shape index (κ1) is 16.4. The Labute approximate surface area is 150 Å². The number of aromatic amines is 2. The number of aromatic nitrogens is 3. The molecule has 0 unspecified atom stereocenters. The molecule has 4 rings (SSSR count). The second kappa shape index (κ2) is 6.65. The lowest BCUT2D eigenvalue weighted by Crippen LogP contribution is -2.09. The first-order valence-electron chi connectivity index (χ1n) is 8.51. The lowest BCUT2D eigenvalue weighted by atomic mass is 10.00. The first-order chi connectivity index (χ1) is 12.7. The Morgan fingerprint density at radius 2 is 2.04 bits per heavy atom. The highest BCUT2D eigenvalue weighted by Crippen LogP contribution is 2.32. The first-order valence-corrected chi connectivity index (χ1v) is 8.51. The molecule has 0 atom stereocenters. The molecule has 0 aliphatic carbocycles. The number of rotatable bonds is 5. The molecule has 0 amide bonds. The summed E-state index contributed by atoms with van der Waals surface area (Å²) in [4.78, 5) is 22.4. The second-order valence-corrected chi connectivity index (χ2v) is 6.29. The van der Waals surface area contributed by atoms with Crippen LogP contribution in [0.4, 0.5) is 5.82 Å². The zero-order valence-corrected chi connectivity index (χ0v) is 14.7. The van der Waals surface area contributed by atoms with Crippen molar-refractivity contribution in [1.29, 1.82) is 0 Å². The predicted molar refractivity (Wildman–Crippen MR) is 105 cm³/mol. The number of benzene rings is 1. The van der Waals surface area contributed by atoms with E-state index in [-0.39, 0.29) is 5.56 Å². The van der Waals surface area contributed by atoms with Gasteiger partial charge in [0.2, 0.25) is 5.56 Å². The van der Waals surface area contributed by atoms with Gasteiger partial charge in [-0.1, -0.05) is 6.07 Å². The zero-order valence-electron chi connectivity index (χ0n) is 14.7. The Balaban J connectivity index is 1.86. The highest BCUT2D eigenvalue weighted by molar-refractivity contribution is 5.97. The van der Waals surface area contributed by atoms with E-state index in [2.05, 4.69) is 26.3 Å². The van der Waals surface area contributed by atoms with Crippen molar-refractivity contribution in [2.75, 3.05) is 25.6 Å². The number of fused-ring (bicyclic) bond motifs is 2. The number of hydrogen-bond donors (Lipinski definition) is 3. The number of ether oxygens (including phenoxy) is 1. The van der Waals surface area contributed by atoms with Crippen molar-refractivity contribution in [1.82, 2.24) is 15.0 Å². The van der Waals surface area contributed by atoms with Crippen molar-refractivity contribution in [3.05, 3.63) is 58.5 Å².